The van der Waals surface area contributed by atoms with Crippen molar-refractivity contribution in [2.45, 2.75) is 76.6 Å². The molecule has 6 rings (SSSR count). The second-order valence-corrected chi connectivity index (χ2v) is 12.2. The molecule has 38 heavy (non-hydrogen) atoms. The lowest BCUT2D eigenvalue weighted by atomic mass is 10.2. The van der Waals surface area contributed by atoms with E-state index in [1.807, 2.05) is 12.1 Å². The molecule has 0 bridgehead atoms. The second kappa shape index (κ2) is 10.2. The molecule has 1 atom stereocenters. The van der Waals surface area contributed by atoms with Crippen molar-refractivity contribution in [1.82, 2.24) is 33.7 Å². The van der Waals surface area contributed by atoms with Crippen molar-refractivity contribution in [2.24, 2.45) is 0 Å². The molecule has 12 heteroatoms. The van der Waals surface area contributed by atoms with Gasteiger partial charge in [0, 0.05) is 31.0 Å². The molecular weight excluding hydrogens is 506 g/mol. The quantitative estimate of drug-likeness (QED) is 0.314. The van der Waals surface area contributed by atoms with Gasteiger partial charge in [0.05, 0.1) is 40.6 Å². The van der Waals surface area contributed by atoms with Gasteiger partial charge in [0.1, 0.15) is 17.9 Å². The number of aromatic nitrogens is 7. The minimum absolute atomic E-state index is 0.175. The van der Waals surface area contributed by atoms with E-state index in [-0.39, 0.29) is 17.6 Å². The molecule has 0 amide bonds. The maximum atomic E-state index is 12.5. The summed E-state index contributed by atoms with van der Waals surface area (Å²) in [6.07, 6.45) is 11.2. The number of fused-ring (bicyclic) bond motifs is 1. The minimum atomic E-state index is -3.44. The van der Waals surface area contributed by atoms with Gasteiger partial charge in [-0.2, -0.15) is 9.19 Å². The Kier molecular flexibility index (Phi) is 6.70. The van der Waals surface area contributed by atoms with Gasteiger partial charge in [-0.1, -0.05) is 0 Å². The first kappa shape index (κ1) is 25.1. The summed E-state index contributed by atoms with van der Waals surface area (Å²) in [5.41, 5.74) is 3.99. The summed E-state index contributed by atoms with van der Waals surface area (Å²) in [5, 5.41) is 3.72. The molecule has 1 unspecified atom stereocenters. The molecule has 4 aromatic rings. The standard InChI is InChI=1S/C26H31N7O4S/c1-17(2)33-23-12-20(28-14-22(23)31-24(33)16-37-25-5-3-4-10-36-25)11-19-8-9-27-26(30-19)18-13-29-32(15-18)38(34,35)21-6-7-21/h8-9,12-15,17,21,25H,3-7,10-11,16H2,1-2H3. The normalized spacial score (nSPS) is 18.4. The van der Waals surface area contributed by atoms with E-state index >= 15 is 0 Å². The average Bonchev–Trinajstić information content (AvgIpc) is 3.54. The van der Waals surface area contributed by atoms with Gasteiger partial charge in [-0.25, -0.2) is 23.4 Å². The Morgan fingerprint density at radius 1 is 1.11 bits per heavy atom. The molecule has 0 aromatic carbocycles. The lowest BCUT2D eigenvalue weighted by Gasteiger charge is -2.23. The van der Waals surface area contributed by atoms with E-state index in [0.717, 1.165) is 58.2 Å². The number of ether oxygens (including phenoxy) is 2. The van der Waals surface area contributed by atoms with Gasteiger partial charge in [-0.15, -0.1) is 0 Å². The van der Waals surface area contributed by atoms with Gasteiger partial charge in [0.2, 0.25) is 0 Å². The smallest absolute Gasteiger partial charge is 0.256 e. The highest BCUT2D eigenvalue weighted by Crippen LogP contribution is 2.30. The third kappa shape index (κ3) is 5.07. The van der Waals surface area contributed by atoms with E-state index in [2.05, 4.69) is 38.5 Å². The SMILES string of the molecule is CC(C)n1c(COC2CCCCO2)nc2cnc(Cc3ccnc(-c4cnn(S(=O)(=O)C5CC5)c4)n3)cc21. The molecule has 2 fully saturated rings. The number of hydrogen-bond acceptors (Lipinski definition) is 9. The monoisotopic (exact) mass is 537 g/mol. The van der Waals surface area contributed by atoms with Gasteiger partial charge < -0.3 is 14.0 Å². The molecule has 5 heterocycles. The van der Waals surface area contributed by atoms with Gasteiger partial charge >= 0.3 is 0 Å². The third-order valence-corrected chi connectivity index (χ3v) is 8.89. The zero-order valence-electron chi connectivity index (χ0n) is 21.5. The Bertz CT molecular complexity index is 1550. The third-order valence-electron chi connectivity index (χ3n) is 6.86. The highest BCUT2D eigenvalue weighted by atomic mass is 32.2. The van der Waals surface area contributed by atoms with E-state index in [0.29, 0.717) is 37.3 Å². The van der Waals surface area contributed by atoms with Crippen molar-refractivity contribution in [1.29, 1.82) is 0 Å². The molecular formula is C26H31N7O4S. The predicted octanol–water partition coefficient (Wildman–Crippen LogP) is 3.64. The van der Waals surface area contributed by atoms with E-state index < -0.39 is 10.0 Å². The van der Waals surface area contributed by atoms with Crippen LogP contribution in [0.2, 0.25) is 0 Å². The van der Waals surface area contributed by atoms with Crippen LogP contribution in [0.5, 0.6) is 0 Å². The van der Waals surface area contributed by atoms with Gasteiger partial charge in [-0.3, -0.25) is 4.98 Å². The van der Waals surface area contributed by atoms with Crippen molar-refractivity contribution >= 4 is 21.1 Å². The summed E-state index contributed by atoms with van der Waals surface area (Å²) in [6, 6.07) is 4.07. The largest absolute Gasteiger partial charge is 0.353 e. The number of nitrogens with zero attached hydrogens (tertiary/aromatic N) is 7. The Labute approximate surface area is 221 Å². The summed E-state index contributed by atoms with van der Waals surface area (Å²) in [4.78, 5) is 18.4. The lowest BCUT2D eigenvalue weighted by Crippen LogP contribution is -2.23. The first-order valence-corrected chi connectivity index (χ1v) is 14.6. The Morgan fingerprint density at radius 2 is 1.97 bits per heavy atom. The van der Waals surface area contributed by atoms with Crippen molar-refractivity contribution in [3.63, 3.8) is 0 Å². The van der Waals surface area contributed by atoms with E-state index in [4.69, 9.17) is 14.5 Å². The molecule has 11 nitrogen and oxygen atoms in total. The summed E-state index contributed by atoms with van der Waals surface area (Å²) < 4.78 is 39.9. The zero-order valence-corrected chi connectivity index (χ0v) is 22.3. The molecule has 200 valence electrons. The number of imidazole rings is 1. The van der Waals surface area contributed by atoms with Crippen molar-refractivity contribution in [3.8, 4) is 11.4 Å². The predicted molar refractivity (Wildman–Crippen MR) is 140 cm³/mol. The van der Waals surface area contributed by atoms with Crippen LogP contribution in [0.15, 0.2) is 36.9 Å². The average molecular weight is 538 g/mol. The van der Waals surface area contributed by atoms with Crippen molar-refractivity contribution in [2.75, 3.05) is 6.61 Å². The molecule has 1 aliphatic heterocycles. The van der Waals surface area contributed by atoms with E-state index in [9.17, 15) is 8.42 Å². The first-order chi connectivity index (χ1) is 18.4. The van der Waals surface area contributed by atoms with Crippen LogP contribution < -0.4 is 0 Å². The lowest BCUT2D eigenvalue weighted by molar-refractivity contribution is -0.170. The van der Waals surface area contributed by atoms with Gasteiger partial charge in [-0.05, 0) is 58.1 Å². The summed E-state index contributed by atoms with van der Waals surface area (Å²) in [6.45, 7) is 5.38. The van der Waals surface area contributed by atoms with Crippen molar-refractivity contribution < 1.29 is 17.9 Å². The Morgan fingerprint density at radius 3 is 2.74 bits per heavy atom. The van der Waals surface area contributed by atoms with Crippen LogP contribution in [-0.2, 0) is 32.5 Å². The summed E-state index contributed by atoms with van der Waals surface area (Å²) in [7, 11) is -3.44. The molecule has 0 spiro atoms. The molecule has 0 N–H and O–H groups in total. The topological polar surface area (TPSA) is 127 Å². The van der Waals surface area contributed by atoms with Crippen molar-refractivity contribution in [3.05, 3.63) is 54.1 Å². The highest BCUT2D eigenvalue weighted by molar-refractivity contribution is 7.90. The highest BCUT2D eigenvalue weighted by Gasteiger charge is 2.37. The molecule has 4 aromatic heterocycles. The van der Waals surface area contributed by atoms with Crippen LogP contribution in [0, 0.1) is 0 Å². The van der Waals surface area contributed by atoms with Crippen LogP contribution in [0.1, 0.15) is 69.2 Å². The maximum absolute atomic E-state index is 12.5. The molecule has 1 saturated carbocycles. The Hall–Kier alpha value is -3.22. The maximum Gasteiger partial charge on any atom is 0.256 e. The molecule has 2 aliphatic rings. The number of hydrogen-bond donors (Lipinski definition) is 0. The minimum Gasteiger partial charge on any atom is -0.353 e. The zero-order chi connectivity index (χ0) is 26.3. The molecule has 0 radical (unpaired) electrons. The van der Waals surface area contributed by atoms with Crippen LogP contribution in [0.25, 0.3) is 22.4 Å². The van der Waals surface area contributed by atoms with Gasteiger partial charge in [0.25, 0.3) is 10.0 Å². The summed E-state index contributed by atoms with van der Waals surface area (Å²) >= 11 is 0. The Balaban J connectivity index is 1.22. The van der Waals surface area contributed by atoms with Crippen LogP contribution in [0.3, 0.4) is 0 Å². The van der Waals surface area contributed by atoms with Crippen LogP contribution in [-0.4, -0.2) is 60.3 Å². The van der Waals surface area contributed by atoms with E-state index in [1.165, 1.54) is 12.4 Å². The first-order valence-electron chi connectivity index (χ1n) is 13.1. The fourth-order valence-electron chi connectivity index (χ4n) is 4.77. The summed E-state index contributed by atoms with van der Waals surface area (Å²) in [5.74, 6) is 1.28. The molecule has 1 aliphatic carbocycles. The fourth-order valence-corrected chi connectivity index (χ4v) is 6.25. The van der Waals surface area contributed by atoms with Crippen LogP contribution in [0.4, 0.5) is 0 Å². The van der Waals surface area contributed by atoms with Crippen LogP contribution >= 0.6 is 0 Å². The fraction of sp³-hybridized carbons (Fsp3) is 0.500. The number of pyridine rings is 1. The molecule has 1 saturated heterocycles. The second-order valence-electron chi connectivity index (χ2n) is 10.2. The van der Waals surface area contributed by atoms with Gasteiger partial charge in [0.15, 0.2) is 12.1 Å². The number of rotatable bonds is 9. The van der Waals surface area contributed by atoms with E-state index in [1.54, 1.807) is 12.4 Å².